The largest absolute Gasteiger partial charge is 0.489 e. The van der Waals surface area contributed by atoms with Crippen molar-refractivity contribution >= 4 is 24.0 Å². The molecule has 6 heteroatoms. The molecule has 0 radical (unpaired) electrons. The first-order valence-electron chi connectivity index (χ1n) is 4.65. The lowest BCUT2D eigenvalue weighted by Crippen LogP contribution is -2.41. The van der Waals surface area contributed by atoms with Crippen LogP contribution in [0.4, 0.5) is 10.1 Å². The summed E-state index contributed by atoms with van der Waals surface area (Å²) < 4.78 is 18.2. The van der Waals surface area contributed by atoms with Crippen LogP contribution >= 0.6 is 12.4 Å². The summed E-state index contributed by atoms with van der Waals surface area (Å²) in [6.45, 7) is 0.758. The second kappa shape index (κ2) is 5.14. The first kappa shape index (κ1) is 12.7. The predicted molar refractivity (Wildman–Crippen MR) is 60.6 cm³/mol. The molecular formula is C10H12ClFN2O2. The van der Waals surface area contributed by atoms with Crippen molar-refractivity contribution < 1.29 is 13.9 Å². The van der Waals surface area contributed by atoms with E-state index in [9.17, 15) is 9.18 Å². The summed E-state index contributed by atoms with van der Waals surface area (Å²) in [7, 11) is 0. The summed E-state index contributed by atoms with van der Waals surface area (Å²) in [6.07, 6.45) is 0. The Morgan fingerprint density at radius 2 is 2.31 bits per heavy atom. The van der Waals surface area contributed by atoms with Crippen LogP contribution < -0.4 is 15.4 Å². The van der Waals surface area contributed by atoms with Gasteiger partial charge in [-0.05, 0) is 12.1 Å². The lowest BCUT2D eigenvalue weighted by molar-refractivity contribution is -0.117. The Morgan fingerprint density at radius 1 is 1.56 bits per heavy atom. The molecule has 0 atom stereocenters. The van der Waals surface area contributed by atoms with Crippen LogP contribution in [0, 0.1) is 5.82 Å². The molecule has 0 unspecified atom stereocenters. The summed E-state index contributed by atoms with van der Waals surface area (Å²) in [6, 6.07) is 4.09. The van der Waals surface area contributed by atoms with Crippen molar-refractivity contribution in [2.75, 3.05) is 24.6 Å². The summed E-state index contributed by atoms with van der Waals surface area (Å²) in [5.41, 5.74) is 5.87. The lowest BCUT2D eigenvalue weighted by atomic mass is 10.2. The van der Waals surface area contributed by atoms with Gasteiger partial charge in [-0.2, -0.15) is 0 Å². The highest BCUT2D eigenvalue weighted by Crippen LogP contribution is 2.31. The molecule has 0 aliphatic carbocycles. The van der Waals surface area contributed by atoms with Crippen LogP contribution in [0.1, 0.15) is 0 Å². The van der Waals surface area contributed by atoms with Crippen LogP contribution in [0.25, 0.3) is 0 Å². The number of fused-ring (bicyclic) bond motifs is 1. The molecule has 0 spiro atoms. The van der Waals surface area contributed by atoms with E-state index < -0.39 is 0 Å². The van der Waals surface area contributed by atoms with Gasteiger partial charge in [0, 0.05) is 6.07 Å². The average molecular weight is 247 g/mol. The third-order valence-electron chi connectivity index (χ3n) is 2.26. The van der Waals surface area contributed by atoms with Crippen LogP contribution in [0.5, 0.6) is 5.75 Å². The van der Waals surface area contributed by atoms with E-state index in [4.69, 9.17) is 10.5 Å². The van der Waals surface area contributed by atoms with E-state index in [1.165, 1.54) is 23.1 Å². The Bertz CT molecular complexity index is 400. The fraction of sp³-hybridized carbons (Fsp3) is 0.300. The molecule has 1 aliphatic heterocycles. The monoisotopic (exact) mass is 246 g/mol. The number of halogens is 2. The van der Waals surface area contributed by atoms with Gasteiger partial charge in [-0.1, -0.05) is 0 Å². The van der Waals surface area contributed by atoms with E-state index in [2.05, 4.69) is 0 Å². The van der Waals surface area contributed by atoms with Gasteiger partial charge in [0.15, 0.2) is 0 Å². The predicted octanol–water partition coefficient (Wildman–Crippen LogP) is 0.932. The van der Waals surface area contributed by atoms with Gasteiger partial charge in [0.25, 0.3) is 0 Å². The number of anilines is 1. The van der Waals surface area contributed by atoms with E-state index in [1.807, 2.05) is 0 Å². The number of hydrogen-bond donors (Lipinski definition) is 1. The fourth-order valence-electron chi connectivity index (χ4n) is 1.56. The first-order chi connectivity index (χ1) is 7.22. The average Bonchev–Trinajstić information content (AvgIpc) is 2.26. The molecule has 4 nitrogen and oxygen atoms in total. The Hall–Kier alpha value is -1.33. The summed E-state index contributed by atoms with van der Waals surface area (Å²) in [5.74, 6) is -0.176. The van der Waals surface area contributed by atoms with Crippen molar-refractivity contribution in [3.63, 3.8) is 0 Å². The van der Waals surface area contributed by atoms with Gasteiger partial charge < -0.3 is 15.4 Å². The Balaban J connectivity index is 0.00000128. The molecule has 2 rings (SSSR count). The van der Waals surface area contributed by atoms with Crippen LogP contribution in [0.3, 0.4) is 0 Å². The first-order valence-corrected chi connectivity index (χ1v) is 4.65. The number of nitrogens with two attached hydrogens (primary N) is 1. The van der Waals surface area contributed by atoms with Crippen molar-refractivity contribution in [2.24, 2.45) is 5.73 Å². The summed E-state index contributed by atoms with van der Waals surface area (Å²) in [4.78, 5) is 13.0. The third kappa shape index (κ3) is 2.25. The number of ether oxygens (including phenoxy) is 1. The smallest absolute Gasteiger partial charge is 0.240 e. The van der Waals surface area contributed by atoms with Gasteiger partial charge in [0.05, 0.1) is 18.8 Å². The fourth-order valence-corrected chi connectivity index (χ4v) is 1.56. The van der Waals surface area contributed by atoms with E-state index in [-0.39, 0.29) is 30.7 Å². The quantitative estimate of drug-likeness (QED) is 0.802. The van der Waals surface area contributed by atoms with E-state index in [1.54, 1.807) is 0 Å². The molecule has 0 bridgehead atoms. The van der Waals surface area contributed by atoms with E-state index in [0.717, 1.165) is 0 Å². The molecule has 0 fully saturated rings. The molecule has 0 saturated carbocycles. The topological polar surface area (TPSA) is 55.6 Å². The molecule has 1 heterocycles. The van der Waals surface area contributed by atoms with Gasteiger partial charge in [-0.15, -0.1) is 12.4 Å². The van der Waals surface area contributed by atoms with Gasteiger partial charge in [-0.25, -0.2) is 4.39 Å². The number of carbonyl (C=O) groups is 1. The molecule has 0 saturated heterocycles. The Labute approximate surface area is 98.6 Å². The van der Waals surface area contributed by atoms with Crippen LogP contribution in [0.2, 0.25) is 0 Å². The molecule has 1 aliphatic rings. The Morgan fingerprint density at radius 3 is 3.00 bits per heavy atom. The van der Waals surface area contributed by atoms with Crippen molar-refractivity contribution in [1.29, 1.82) is 0 Å². The minimum atomic E-state index is -0.379. The molecule has 88 valence electrons. The standard InChI is InChI=1S/C10H11FN2O2.ClH/c11-7-1-2-8-9(5-7)15-4-3-13(8)10(14)6-12;/h1-2,5H,3-4,6,12H2;1H. The molecule has 16 heavy (non-hydrogen) atoms. The maximum absolute atomic E-state index is 12.9. The molecule has 1 aromatic rings. The number of benzene rings is 1. The maximum Gasteiger partial charge on any atom is 0.240 e. The number of hydrogen-bond acceptors (Lipinski definition) is 3. The molecule has 0 aromatic heterocycles. The molecule has 1 aromatic carbocycles. The minimum absolute atomic E-state index is 0. The highest BCUT2D eigenvalue weighted by Gasteiger charge is 2.22. The number of carbonyl (C=O) groups excluding carboxylic acids is 1. The van der Waals surface area contributed by atoms with Gasteiger partial charge >= 0.3 is 0 Å². The van der Waals surface area contributed by atoms with Crippen LogP contribution in [0.15, 0.2) is 18.2 Å². The van der Waals surface area contributed by atoms with E-state index in [0.29, 0.717) is 24.6 Å². The van der Waals surface area contributed by atoms with Gasteiger partial charge in [0.2, 0.25) is 5.91 Å². The highest BCUT2D eigenvalue weighted by molar-refractivity contribution is 5.96. The maximum atomic E-state index is 12.9. The second-order valence-corrected chi connectivity index (χ2v) is 3.21. The normalized spacial score (nSPS) is 13.5. The summed E-state index contributed by atoms with van der Waals surface area (Å²) in [5, 5.41) is 0. The van der Waals surface area contributed by atoms with Crippen molar-refractivity contribution in [3.05, 3.63) is 24.0 Å². The van der Waals surface area contributed by atoms with Crippen molar-refractivity contribution in [1.82, 2.24) is 0 Å². The zero-order valence-electron chi connectivity index (χ0n) is 8.48. The zero-order chi connectivity index (χ0) is 10.8. The number of rotatable bonds is 1. The van der Waals surface area contributed by atoms with E-state index >= 15 is 0 Å². The van der Waals surface area contributed by atoms with Crippen molar-refractivity contribution in [2.45, 2.75) is 0 Å². The van der Waals surface area contributed by atoms with Crippen LogP contribution in [-0.2, 0) is 4.79 Å². The number of amides is 1. The molecule has 1 amide bonds. The molecular weight excluding hydrogens is 235 g/mol. The number of nitrogens with zero attached hydrogens (tertiary/aromatic N) is 1. The van der Waals surface area contributed by atoms with Crippen LogP contribution in [-0.4, -0.2) is 25.6 Å². The lowest BCUT2D eigenvalue weighted by Gasteiger charge is -2.29. The zero-order valence-corrected chi connectivity index (χ0v) is 9.30. The molecule has 2 N–H and O–H groups in total. The van der Waals surface area contributed by atoms with Gasteiger partial charge in [-0.3, -0.25) is 4.79 Å². The highest BCUT2D eigenvalue weighted by atomic mass is 35.5. The summed E-state index contributed by atoms with van der Waals surface area (Å²) >= 11 is 0. The second-order valence-electron chi connectivity index (χ2n) is 3.21. The third-order valence-corrected chi connectivity index (χ3v) is 2.26. The van der Waals surface area contributed by atoms with Gasteiger partial charge in [0.1, 0.15) is 18.2 Å². The van der Waals surface area contributed by atoms with Crippen molar-refractivity contribution in [3.8, 4) is 5.75 Å². The Kier molecular flexibility index (Phi) is 4.09. The SMILES string of the molecule is Cl.NCC(=O)N1CCOc2cc(F)ccc21. The minimum Gasteiger partial charge on any atom is -0.489 e.